The lowest BCUT2D eigenvalue weighted by atomic mass is 10.0. The quantitative estimate of drug-likeness (QED) is 0.645. The summed E-state index contributed by atoms with van der Waals surface area (Å²) in [7, 11) is 0. The lowest BCUT2D eigenvalue weighted by Gasteiger charge is -2.28. The zero-order chi connectivity index (χ0) is 21.0. The van der Waals surface area contributed by atoms with Gasteiger partial charge in [0.25, 0.3) is 0 Å². The summed E-state index contributed by atoms with van der Waals surface area (Å²) in [6.07, 6.45) is 0.463. The first-order valence-electron chi connectivity index (χ1n) is 9.31. The summed E-state index contributed by atoms with van der Waals surface area (Å²) >= 11 is 0. The summed E-state index contributed by atoms with van der Waals surface area (Å²) in [5, 5.41) is 16.9. The SMILES string of the molecule is CCOC(=O)C1=C(COC(=O)c2cc3ccccc3cc2O)NC(=O)N[C@@H]1CC. The number of urea groups is 1. The Morgan fingerprint density at radius 3 is 2.41 bits per heavy atom. The van der Waals surface area contributed by atoms with Crippen molar-refractivity contribution in [2.24, 2.45) is 0 Å². The van der Waals surface area contributed by atoms with Gasteiger partial charge in [0.15, 0.2) is 0 Å². The average Bonchev–Trinajstić information content (AvgIpc) is 2.71. The second kappa shape index (κ2) is 8.64. The number of benzene rings is 2. The van der Waals surface area contributed by atoms with Crippen LogP contribution in [0.5, 0.6) is 5.75 Å². The maximum atomic E-state index is 12.5. The van der Waals surface area contributed by atoms with Gasteiger partial charge in [0.2, 0.25) is 0 Å². The first kappa shape index (κ1) is 20.2. The minimum absolute atomic E-state index is 0.00529. The van der Waals surface area contributed by atoms with Gasteiger partial charge in [-0.15, -0.1) is 0 Å². The van der Waals surface area contributed by atoms with E-state index in [0.29, 0.717) is 6.42 Å². The van der Waals surface area contributed by atoms with Crippen molar-refractivity contribution >= 4 is 28.7 Å². The molecule has 1 heterocycles. The molecule has 0 saturated carbocycles. The molecular weight excluding hydrogens is 376 g/mol. The standard InChI is InChI=1S/C21H22N2O6/c1-3-15-18(20(26)28-4-2)16(23-21(27)22-15)11-29-19(25)14-9-12-7-5-6-8-13(12)10-17(14)24/h5-10,15,24H,3-4,11H2,1-2H3,(H2,22,23,27)/t15-/m1/s1. The average molecular weight is 398 g/mol. The van der Waals surface area contributed by atoms with Gasteiger partial charge < -0.3 is 25.2 Å². The summed E-state index contributed by atoms with van der Waals surface area (Å²) < 4.78 is 10.4. The van der Waals surface area contributed by atoms with E-state index >= 15 is 0 Å². The van der Waals surface area contributed by atoms with Crippen LogP contribution in [0.2, 0.25) is 0 Å². The zero-order valence-electron chi connectivity index (χ0n) is 16.2. The van der Waals surface area contributed by atoms with Gasteiger partial charge >= 0.3 is 18.0 Å². The Kier molecular flexibility index (Phi) is 6.01. The molecule has 0 fully saturated rings. The summed E-state index contributed by atoms with van der Waals surface area (Å²) in [5.74, 6) is -1.58. The number of esters is 2. The van der Waals surface area contributed by atoms with Crippen LogP contribution < -0.4 is 10.6 Å². The predicted octanol–water partition coefficient (Wildman–Crippen LogP) is 2.61. The normalized spacial score (nSPS) is 16.2. The minimum atomic E-state index is -0.773. The van der Waals surface area contributed by atoms with Crippen LogP contribution in [0, 0.1) is 0 Å². The molecule has 2 aromatic rings. The van der Waals surface area contributed by atoms with E-state index in [4.69, 9.17) is 9.47 Å². The number of hydrogen-bond acceptors (Lipinski definition) is 6. The largest absolute Gasteiger partial charge is 0.507 e. The van der Waals surface area contributed by atoms with Crippen LogP contribution in [0.3, 0.4) is 0 Å². The fraction of sp³-hybridized carbons (Fsp3) is 0.286. The van der Waals surface area contributed by atoms with Gasteiger partial charge in [0, 0.05) is 0 Å². The van der Waals surface area contributed by atoms with Crippen molar-refractivity contribution in [1.82, 2.24) is 10.6 Å². The molecule has 0 radical (unpaired) electrons. The Morgan fingerprint density at radius 2 is 1.76 bits per heavy atom. The van der Waals surface area contributed by atoms with Crippen LogP contribution in [0.4, 0.5) is 4.79 Å². The molecule has 1 aliphatic rings. The number of phenolic OH excluding ortho intramolecular Hbond substituents is 1. The molecule has 1 aliphatic heterocycles. The molecule has 8 heteroatoms. The third-order valence-corrected chi connectivity index (χ3v) is 4.58. The molecule has 0 spiro atoms. The van der Waals surface area contributed by atoms with Gasteiger partial charge in [-0.05, 0) is 36.2 Å². The van der Waals surface area contributed by atoms with E-state index < -0.39 is 24.0 Å². The Morgan fingerprint density at radius 1 is 1.07 bits per heavy atom. The van der Waals surface area contributed by atoms with E-state index in [1.54, 1.807) is 6.92 Å². The molecule has 29 heavy (non-hydrogen) atoms. The lowest BCUT2D eigenvalue weighted by Crippen LogP contribution is -2.51. The maximum absolute atomic E-state index is 12.5. The number of carbonyl (C=O) groups is 3. The third-order valence-electron chi connectivity index (χ3n) is 4.58. The number of rotatable bonds is 6. The molecule has 2 amide bonds. The molecular formula is C21H22N2O6. The van der Waals surface area contributed by atoms with Crippen molar-refractivity contribution in [2.45, 2.75) is 26.3 Å². The molecule has 3 rings (SSSR count). The number of phenols is 1. The van der Waals surface area contributed by atoms with Gasteiger partial charge in [0.05, 0.1) is 23.9 Å². The molecule has 8 nitrogen and oxygen atoms in total. The Labute approximate surface area is 167 Å². The lowest BCUT2D eigenvalue weighted by molar-refractivity contribution is -0.139. The van der Waals surface area contributed by atoms with Crippen LogP contribution in [0.25, 0.3) is 10.8 Å². The number of carbonyl (C=O) groups excluding carboxylic acids is 3. The highest BCUT2D eigenvalue weighted by Gasteiger charge is 2.32. The molecule has 0 aromatic heterocycles. The van der Waals surface area contributed by atoms with E-state index in [9.17, 15) is 19.5 Å². The third kappa shape index (κ3) is 4.31. The first-order chi connectivity index (χ1) is 13.9. The van der Waals surface area contributed by atoms with Gasteiger partial charge in [-0.1, -0.05) is 31.2 Å². The van der Waals surface area contributed by atoms with Crippen LogP contribution in [0.15, 0.2) is 47.7 Å². The zero-order valence-corrected chi connectivity index (χ0v) is 16.2. The molecule has 0 bridgehead atoms. The van der Waals surface area contributed by atoms with E-state index in [2.05, 4.69) is 10.6 Å². The Hall–Kier alpha value is -3.55. The molecule has 0 unspecified atom stereocenters. The summed E-state index contributed by atoms with van der Waals surface area (Å²) in [6, 6.07) is 9.24. The Balaban J connectivity index is 1.85. The van der Waals surface area contributed by atoms with Crippen molar-refractivity contribution in [3.8, 4) is 5.75 Å². The highest BCUT2D eigenvalue weighted by molar-refractivity contribution is 5.99. The van der Waals surface area contributed by atoms with E-state index in [0.717, 1.165) is 10.8 Å². The first-order valence-corrected chi connectivity index (χ1v) is 9.31. The topological polar surface area (TPSA) is 114 Å². The number of fused-ring (bicyclic) bond motifs is 1. The molecule has 152 valence electrons. The van der Waals surface area contributed by atoms with Crippen molar-refractivity contribution in [3.05, 3.63) is 53.2 Å². The van der Waals surface area contributed by atoms with Crippen LogP contribution >= 0.6 is 0 Å². The summed E-state index contributed by atoms with van der Waals surface area (Å²) in [6.45, 7) is 3.32. The molecule has 1 atom stereocenters. The maximum Gasteiger partial charge on any atom is 0.342 e. The van der Waals surface area contributed by atoms with Gasteiger partial charge in [0.1, 0.15) is 17.9 Å². The van der Waals surface area contributed by atoms with Gasteiger partial charge in [-0.2, -0.15) is 0 Å². The number of aromatic hydroxyl groups is 1. The second-order valence-corrected chi connectivity index (χ2v) is 6.46. The number of amides is 2. The number of ether oxygens (including phenoxy) is 2. The highest BCUT2D eigenvalue weighted by Crippen LogP contribution is 2.26. The fourth-order valence-electron chi connectivity index (χ4n) is 3.18. The highest BCUT2D eigenvalue weighted by atomic mass is 16.5. The predicted molar refractivity (Wildman–Crippen MR) is 105 cm³/mol. The van der Waals surface area contributed by atoms with E-state index in [1.165, 1.54) is 12.1 Å². The molecule has 2 aromatic carbocycles. The number of nitrogens with one attached hydrogen (secondary N) is 2. The molecule has 0 saturated heterocycles. The monoisotopic (exact) mass is 398 g/mol. The minimum Gasteiger partial charge on any atom is -0.507 e. The fourth-order valence-corrected chi connectivity index (χ4v) is 3.18. The van der Waals surface area contributed by atoms with Crippen molar-refractivity contribution < 1.29 is 29.0 Å². The molecule has 3 N–H and O–H groups in total. The Bertz CT molecular complexity index is 998. The second-order valence-electron chi connectivity index (χ2n) is 6.46. The van der Waals surface area contributed by atoms with Crippen LogP contribution in [-0.4, -0.2) is 42.3 Å². The van der Waals surface area contributed by atoms with Gasteiger partial charge in [-0.3, -0.25) is 0 Å². The number of hydrogen-bond donors (Lipinski definition) is 3. The smallest absolute Gasteiger partial charge is 0.342 e. The van der Waals surface area contributed by atoms with Crippen molar-refractivity contribution in [1.29, 1.82) is 0 Å². The van der Waals surface area contributed by atoms with Crippen LogP contribution in [-0.2, 0) is 14.3 Å². The van der Waals surface area contributed by atoms with Crippen molar-refractivity contribution in [2.75, 3.05) is 13.2 Å². The summed E-state index contributed by atoms with van der Waals surface area (Å²) in [5.41, 5.74) is 0.367. The van der Waals surface area contributed by atoms with Crippen LogP contribution in [0.1, 0.15) is 30.6 Å². The summed E-state index contributed by atoms with van der Waals surface area (Å²) in [4.78, 5) is 36.8. The van der Waals surface area contributed by atoms with Gasteiger partial charge in [-0.25, -0.2) is 14.4 Å². The van der Waals surface area contributed by atoms with E-state index in [-0.39, 0.29) is 35.8 Å². The van der Waals surface area contributed by atoms with E-state index in [1.807, 2.05) is 31.2 Å². The van der Waals surface area contributed by atoms with Crippen molar-refractivity contribution in [3.63, 3.8) is 0 Å². The molecule has 0 aliphatic carbocycles.